The van der Waals surface area contributed by atoms with Gasteiger partial charge in [0.2, 0.25) is 0 Å². The molecule has 106 valence electrons. The van der Waals surface area contributed by atoms with Gasteiger partial charge >= 0.3 is 0 Å². The Balaban J connectivity index is 2.38. The Labute approximate surface area is 133 Å². The number of nitrogens with zero attached hydrogens (tertiary/aromatic N) is 1. The number of anilines is 1. The Morgan fingerprint density at radius 2 is 1.95 bits per heavy atom. The minimum Gasteiger partial charge on any atom is -0.392 e. The molecule has 0 aliphatic heterocycles. The number of hydrogen-bond acceptors (Lipinski definition) is 2. The largest absolute Gasteiger partial charge is 0.392 e. The van der Waals surface area contributed by atoms with Gasteiger partial charge in [-0.15, -0.1) is 0 Å². The van der Waals surface area contributed by atoms with E-state index in [4.69, 9.17) is 11.6 Å². The number of halogens is 2. The summed E-state index contributed by atoms with van der Waals surface area (Å²) >= 11 is 9.75. The van der Waals surface area contributed by atoms with E-state index in [-0.39, 0.29) is 12.6 Å². The highest BCUT2D eigenvalue weighted by Crippen LogP contribution is 2.33. The van der Waals surface area contributed by atoms with Gasteiger partial charge in [0.15, 0.2) is 0 Å². The van der Waals surface area contributed by atoms with Crippen LogP contribution in [0, 0.1) is 0 Å². The smallest absolute Gasteiger partial charge is 0.0702 e. The summed E-state index contributed by atoms with van der Waals surface area (Å²) in [7, 11) is 2.01. The molecule has 0 aliphatic carbocycles. The molecule has 0 bridgehead atoms. The predicted molar refractivity (Wildman–Crippen MR) is 88.3 cm³/mol. The standard InChI is InChI=1S/C16H17BrClNO/c1-11(14-5-3-4-6-15(14)18)19(2)16-9-13(17)8-7-12(16)10-20/h3-9,11,20H,10H2,1-2H3. The van der Waals surface area contributed by atoms with Crippen LogP contribution < -0.4 is 4.90 Å². The predicted octanol–water partition coefficient (Wildman–Crippen LogP) is 4.79. The second-order valence-corrected chi connectivity index (χ2v) is 6.06. The maximum Gasteiger partial charge on any atom is 0.0702 e. The molecule has 20 heavy (non-hydrogen) atoms. The lowest BCUT2D eigenvalue weighted by atomic mass is 10.1. The SMILES string of the molecule is CC(c1ccccc1Cl)N(C)c1cc(Br)ccc1CO. The van der Waals surface area contributed by atoms with Gasteiger partial charge in [0.05, 0.1) is 12.6 Å². The van der Waals surface area contributed by atoms with Crippen LogP contribution in [0.25, 0.3) is 0 Å². The zero-order chi connectivity index (χ0) is 14.7. The second-order valence-electron chi connectivity index (χ2n) is 4.74. The highest BCUT2D eigenvalue weighted by Gasteiger charge is 2.17. The van der Waals surface area contributed by atoms with Crippen molar-refractivity contribution in [3.8, 4) is 0 Å². The zero-order valence-corrected chi connectivity index (χ0v) is 13.8. The van der Waals surface area contributed by atoms with Gasteiger partial charge in [-0.2, -0.15) is 0 Å². The maximum absolute atomic E-state index is 9.50. The molecule has 0 spiro atoms. The first-order valence-corrected chi connectivity index (χ1v) is 7.58. The van der Waals surface area contributed by atoms with Crippen LogP contribution in [0.4, 0.5) is 5.69 Å². The fraction of sp³-hybridized carbons (Fsp3) is 0.250. The van der Waals surface area contributed by atoms with Gasteiger partial charge in [-0.3, -0.25) is 0 Å². The maximum atomic E-state index is 9.50. The summed E-state index contributed by atoms with van der Waals surface area (Å²) in [6.07, 6.45) is 0. The number of hydrogen-bond donors (Lipinski definition) is 1. The van der Waals surface area contributed by atoms with Crippen molar-refractivity contribution < 1.29 is 5.11 Å². The molecule has 0 amide bonds. The molecule has 0 fully saturated rings. The van der Waals surface area contributed by atoms with Crippen molar-refractivity contribution >= 4 is 33.2 Å². The second kappa shape index (κ2) is 6.61. The minimum absolute atomic E-state index is 0.0161. The average molecular weight is 355 g/mol. The van der Waals surface area contributed by atoms with E-state index < -0.39 is 0 Å². The molecule has 1 atom stereocenters. The molecular weight excluding hydrogens is 338 g/mol. The lowest BCUT2D eigenvalue weighted by molar-refractivity contribution is 0.282. The van der Waals surface area contributed by atoms with Crippen molar-refractivity contribution in [2.24, 2.45) is 0 Å². The van der Waals surface area contributed by atoms with Gasteiger partial charge in [-0.1, -0.05) is 51.8 Å². The zero-order valence-electron chi connectivity index (χ0n) is 11.5. The summed E-state index contributed by atoms with van der Waals surface area (Å²) in [6.45, 7) is 2.12. The molecular formula is C16H17BrClNO. The van der Waals surface area contributed by atoms with Gasteiger partial charge in [-0.05, 0) is 30.7 Å². The van der Waals surface area contributed by atoms with E-state index in [1.54, 1.807) is 0 Å². The van der Waals surface area contributed by atoms with Crippen LogP contribution in [0.2, 0.25) is 5.02 Å². The van der Waals surface area contributed by atoms with E-state index in [0.717, 1.165) is 26.3 Å². The fourth-order valence-electron chi connectivity index (χ4n) is 2.23. The molecule has 2 aromatic carbocycles. The van der Waals surface area contributed by atoms with E-state index in [1.165, 1.54) is 0 Å². The van der Waals surface area contributed by atoms with Crippen LogP contribution in [0.5, 0.6) is 0 Å². The lowest BCUT2D eigenvalue weighted by Gasteiger charge is -2.30. The Morgan fingerprint density at radius 3 is 2.60 bits per heavy atom. The van der Waals surface area contributed by atoms with E-state index in [0.29, 0.717) is 0 Å². The van der Waals surface area contributed by atoms with Gasteiger partial charge in [0.1, 0.15) is 0 Å². The monoisotopic (exact) mass is 353 g/mol. The molecule has 4 heteroatoms. The number of rotatable bonds is 4. The molecule has 0 saturated carbocycles. The summed E-state index contributed by atoms with van der Waals surface area (Å²) in [5, 5.41) is 10.3. The number of aliphatic hydroxyl groups excluding tert-OH is 1. The normalized spacial score (nSPS) is 12.2. The highest BCUT2D eigenvalue weighted by atomic mass is 79.9. The van der Waals surface area contributed by atoms with Crippen molar-refractivity contribution in [2.45, 2.75) is 19.6 Å². The first kappa shape index (κ1) is 15.4. The lowest BCUT2D eigenvalue weighted by Crippen LogP contribution is -2.23. The highest BCUT2D eigenvalue weighted by molar-refractivity contribution is 9.10. The molecule has 2 nitrogen and oxygen atoms in total. The molecule has 2 aromatic rings. The van der Waals surface area contributed by atoms with Crippen LogP contribution in [-0.4, -0.2) is 12.2 Å². The topological polar surface area (TPSA) is 23.5 Å². The quantitative estimate of drug-likeness (QED) is 0.853. The first-order chi connectivity index (χ1) is 9.54. The van der Waals surface area contributed by atoms with Gasteiger partial charge < -0.3 is 10.0 Å². The van der Waals surface area contributed by atoms with Crippen molar-refractivity contribution in [3.63, 3.8) is 0 Å². The Kier molecular flexibility index (Phi) is 5.08. The molecule has 0 aliphatic rings. The summed E-state index contributed by atoms with van der Waals surface area (Å²) in [5.41, 5.74) is 2.96. The van der Waals surface area contributed by atoms with E-state index in [1.807, 2.05) is 49.5 Å². The third-order valence-corrected chi connectivity index (χ3v) is 4.37. The molecule has 1 N–H and O–H groups in total. The first-order valence-electron chi connectivity index (χ1n) is 6.41. The molecule has 0 radical (unpaired) electrons. The van der Waals surface area contributed by atoms with E-state index in [2.05, 4.69) is 27.8 Å². The van der Waals surface area contributed by atoms with Gasteiger partial charge in [-0.25, -0.2) is 0 Å². The summed E-state index contributed by atoms with van der Waals surface area (Å²) in [6, 6.07) is 13.8. The van der Waals surface area contributed by atoms with Gasteiger partial charge in [0, 0.05) is 27.8 Å². The van der Waals surface area contributed by atoms with E-state index >= 15 is 0 Å². The number of aliphatic hydroxyl groups is 1. The van der Waals surface area contributed by atoms with Crippen molar-refractivity contribution in [3.05, 3.63) is 63.1 Å². The Morgan fingerprint density at radius 1 is 1.25 bits per heavy atom. The minimum atomic E-state index is 0.0161. The van der Waals surface area contributed by atoms with Crippen molar-refractivity contribution in [1.82, 2.24) is 0 Å². The van der Waals surface area contributed by atoms with Crippen molar-refractivity contribution in [1.29, 1.82) is 0 Å². The van der Waals surface area contributed by atoms with Crippen LogP contribution in [0.3, 0.4) is 0 Å². The summed E-state index contributed by atoms with van der Waals surface area (Å²) < 4.78 is 0.989. The third-order valence-electron chi connectivity index (χ3n) is 3.53. The molecule has 0 saturated heterocycles. The molecule has 1 unspecified atom stereocenters. The summed E-state index contributed by atoms with van der Waals surface area (Å²) in [5.74, 6) is 0. The van der Waals surface area contributed by atoms with Crippen LogP contribution >= 0.6 is 27.5 Å². The summed E-state index contributed by atoms with van der Waals surface area (Å²) in [4.78, 5) is 2.12. The Hall–Kier alpha value is -1.03. The molecule has 0 heterocycles. The van der Waals surface area contributed by atoms with Gasteiger partial charge in [0.25, 0.3) is 0 Å². The molecule has 2 rings (SSSR count). The van der Waals surface area contributed by atoms with Crippen LogP contribution in [0.15, 0.2) is 46.9 Å². The van der Waals surface area contributed by atoms with Crippen LogP contribution in [-0.2, 0) is 6.61 Å². The van der Waals surface area contributed by atoms with E-state index in [9.17, 15) is 5.11 Å². The number of benzene rings is 2. The third kappa shape index (κ3) is 3.17. The van der Waals surface area contributed by atoms with Crippen LogP contribution in [0.1, 0.15) is 24.1 Å². The average Bonchev–Trinajstić information content (AvgIpc) is 2.46. The Bertz CT molecular complexity index is 603. The molecule has 0 aromatic heterocycles. The fourth-order valence-corrected chi connectivity index (χ4v) is 2.87. The van der Waals surface area contributed by atoms with Crippen molar-refractivity contribution in [2.75, 3.05) is 11.9 Å².